The van der Waals surface area contributed by atoms with E-state index in [0.29, 0.717) is 5.52 Å². The zero-order valence-electron chi connectivity index (χ0n) is 10.4. The number of fused-ring (bicyclic) bond motifs is 1. The molecular weight excluding hydrogens is 231 g/mol. The van der Waals surface area contributed by atoms with Gasteiger partial charge in [0.2, 0.25) is 0 Å². The van der Waals surface area contributed by atoms with Crippen LogP contribution in [-0.4, -0.2) is 41.0 Å². The monoisotopic (exact) mass is 248 g/mol. The maximum atomic E-state index is 13.6. The molecule has 4 nitrogen and oxygen atoms in total. The molecule has 0 bridgehead atoms. The predicted octanol–water partition coefficient (Wildman–Crippen LogP) is 1.67. The van der Waals surface area contributed by atoms with E-state index in [2.05, 4.69) is 27.1 Å². The third-order valence-corrected chi connectivity index (χ3v) is 3.58. The Kier molecular flexibility index (Phi) is 3.01. The van der Waals surface area contributed by atoms with Crippen LogP contribution >= 0.6 is 0 Å². The number of aromatic amines is 1. The van der Waals surface area contributed by atoms with Crippen LogP contribution < -0.4 is 5.32 Å². The van der Waals surface area contributed by atoms with Gasteiger partial charge in [-0.25, -0.2) is 9.37 Å². The average Bonchev–Trinajstić information content (AvgIpc) is 2.84. The molecule has 2 heterocycles. The molecule has 0 aliphatic carbocycles. The third-order valence-electron chi connectivity index (χ3n) is 3.58. The molecule has 2 aromatic rings. The lowest BCUT2D eigenvalue weighted by molar-refractivity contribution is 0.180. The van der Waals surface area contributed by atoms with Crippen molar-refractivity contribution in [2.75, 3.05) is 26.2 Å². The molecule has 1 saturated heterocycles. The first-order valence-electron chi connectivity index (χ1n) is 6.34. The Bertz CT molecular complexity index is 545. The zero-order chi connectivity index (χ0) is 12.5. The fraction of sp³-hybridized carbons (Fsp3) is 0.462. The minimum atomic E-state index is -0.262. The van der Waals surface area contributed by atoms with Crippen LogP contribution in [0.1, 0.15) is 18.8 Å². The number of aromatic nitrogens is 2. The van der Waals surface area contributed by atoms with Crippen molar-refractivity contribution in [2.45, 2.75) is 13.0 Å². The molecule has 3 rings (SSSR count). The summed E-state index contributed by atoms with van der Waals surface area (Å²) < 4.78 is 13.6. The van der Waals surface area contributed by atoms with Gasteiger partial charge in [0.05, 0.1) is 11.6 Å². The van der Waals surface area contributed by atoms with E-state index in [-0.39, 0.29) is 11.9 Å². The molecule has 0 spiro atoms. The van der Waals surface area contributed by atoms with Crippen molar-refractivity contribution < 1.29 is 4.39 Å². The molecule has 1 aromatic heterocycles. The second-order valence-electron chi connectivity index (χ2n) is 4.72. The van der Waals surface area contributed by atoms with Gasteiger partial charge >= 0.3 is 0 Å². The topological polar surface area (TPSA) is 44.0 Å². The highest BCUT2D eigenvalue weighted by Gasteiger charge is 2.21. The summed E-state index contributed by atoms with van der Waals surface area (Å²) in [5.74, 6) is 0.583. The van der Waals surface area contributed by atoms with Gasteiger partial charge < -0.3 is 10.3 Å². The maximum absolute atomic E-state index is 13.6. The molecule has 1 fully saturated rings. The normalized spacial score (nSPS) is 19.2. The van der Waals surface area contributed by atoms with Crippen LogP contribution in [0.5, 0.6) is 0 Å². The molecule has 0 amide bonds. The van der Waals surface area contributed by atoms with Crippen LogP contribution in [0.25, 0.3) is 11.0 Å². The van der Waals surface area contributed by atoms with Crippen LogP contribution in [-0.2, 0) is 0 Å². The van der Waals surface area contributed by atoms with Gasteiger partial charge in [-0.15, -0.1) is 0 Å². The van der Waals surface area contributed by atoms with Crippen molar-refractivity contribution >= 4 is 11.0 Å². The van der Waals surface area contributed by atoms with Crippen LogP contribution in [0.4, 0.5) is 4.39 Å². The van der Waals surface area contributed by atoms with Gasteiger partial charge in [0, 0.05) is 26.2 Å². The highest BCUT2D eigenvalue weighted by atomic mass is 19.1. The average molecular weight is 248 g/mol. The lowest BCUT2D eigenvalue weighted by Crippen LogP contribution is -2.44. The third kappa shape index (κ3) is 2.00. The fourth-order valence-corrected chi connectivity index (χ4v) is 2.46. The number of halogens is 1. The summed E-state index contributed by atoms with van der Waals surface area (Å²) in [6, 6.07) is 5.20. The van der Waals surface area contributed by atoms with Gasteiger partial charge in [0.1, 0.15) is 11.3 Å². The summed E-state index contributed by atoms with van der Waals surface area (Å²) in [6.45, 7) is 6.11. The van der Waals surface area contributed by atoms with Crippen LogP contribution in [0.2, 0.25) is 0 Å². The van der Waals surface area contributed by atoms with E-state index >= 15 is 0 Å². The molecule has 2 N–H and O–H groups in total. The minimum Gasteiger partial charge on any atom is -0.341 e. The van der Waals surface area contributed by atoms with E-state index in [1.54, 1.807) is 6.07 Å². The van der Waals surface area contributed by atoms with Gasteiger partial charge in [-0.3, -0.25) is 4.90 Å². The molecule has 5 heteroatoms. The Balaban J connectivity index is 1.91. The number of nitrogens with zero attached hydrogens (tertiary/aromatic N) is 2. The largest absolute Gasteiger partial charge is 0.341 e. The number of para-hydroxylation sites is 1. The highest BCUT2D eigenvalue weighted by Crippen LogP contribution is 2.22. The van der Waals surface area contributed by atoms with Crippen molar-refractivity contribution in [3.8, 4) is 0 Å². The van der Waals surface area contributed by atoms with Gasteiger partial charge in [0.25, 0.3) is 0 Å². The standard InChI is InChI=1S/C13H17FN4/c1-9(18-7-5-15-6-8-18)13-16-11-4-2-3-10(14)12(11)17-13/h2-4,9,15H,5-8H2,1H3,(H,16,17). The Morgan fingerprint density at radius 1 is 1.33 bits per heavy atom. The fourth-order valence-electron chi connectivity index (χ4n) is 2.46. The Hall–Kier alpha value is -1.46. The van der Waals surface area contributed by atoms with Crippen LogP contribution in [0.15, 0.2) is 18.2 Å². The van der Waals surface area contributed by atoms with E-state index in [1.807, 2.05) is 6.07 Å². The minimum absolute atomic E-state index is 0.193. The smallest absolute Gasteiger partial charge is 0.151 e. The molecule has 18 heavy (non-hydrogen) atoms. The van der Waals surface area contributed by atoms with Crippen molar-refractivity contribution in [1.82, 2.24) is 20.2 Å². The van der Waals surface area contributed by atoms with Crippen molar-refractivity contribution in [3.63, 3.8) is 0 Å². The molecule has 0 radical (unpaired) electrons. The van der Waals surface area contributed by atoms with Gasteiger partial charge in [0.15, 0.2) is 5.82 Å². The summed E-state index contributed by atoms with van der Waals surface area (Å²) >= 11 is 0. The molecule has 96 valence electrons. The van der Waals surface area contributed by atoms with Crippen molar-refractivity contribution in [3.05, 3.63) is 29.8 Å². The first kappa shape index (κ1) is 11.6. The molecule has 1 unspecified atom stereocenters. The summed E-state index contributed by atoms with van der Waals surface area (Å²) in [7, 11) is 0. The van der Waals surface area contributed by atoms with Crippen molar-refractivity contribution in [1.29, 1.82) is 0 Å². The van der Waals surface area contributed by atoms with Gasteiger partial charge in [-0.2, -0.15) is 0 Å². The Labute approximate surface area is 105 Å². The second-order valence-corrected chi connectivity index (χ2v) is 4.72. The first-order chi connectivity index (χ1) is 8.75. The van der Waals surface area contributed by atoms with E-state index in [1.165, 1.54) is 6.07 Å². The number of imidazole rings is 1. The van der Waals surface area contributed by atoms with Crippen LogP contribution in [0.3, 0.4) is 0 Å². The second kappa shape index (κ2) is 4.66. The summed E-state index contributed by atoms with van der Waals surface area (Å²) in [5, 5.41) is 3.32. The summed E-state index contributed by atoms with van der Waals surface area (Å²) in [4.78, 5) is 9.97. The molecular formula is C13H17FN4. The summed E-state index contributed by atoms with van der Waals surface area (Å²) in [6.07, 6.45) is 0. The van der Waals surface area contributed by atoms with E-state index < -0.39 is 0 Å². The van der Waals surface area contributed by atoms with E-state index in [9.17, 15) is 4.39 Å². The molecule has 0 saturated carbocycles. The lowest BCUT2D eigenvalue weighted by atomic mass is 10.2. The Morgan fingerprint density at radius 3 is 2.83 bits per heavy atom. The highest BCUT2D eigenvalue weighted by molar-refractivity contribution is 5.75. The summed E-state index contributed by atoms with van der Waals surface area (Å²) in [5.41, 5.74) is 1.21. The number of nitrogens with one attached hydrogen (secondary N) is 2. The van der Waals surface area contributed by atoms with E-state index in [0.717, 1.165) is 37.5 Å². The zero-order valence-corrected chi connectivity index (χ0v) is 10.4. The quantitative estimate of drug-likeness (QED) is 0.849. The lowest BCUT2D eigenvalue weighted by Gasteiger charge is -2.31. The van der Waals surface area contributed by atoms with Gasteiger partial charge in [-0.05, 0) is 19.1 Å². The van der Waals surface area contributed by atoms with Crippen molar-refractivity contribution in [2.24, 2.45) is 0 Å². The SMILES string of the molecule is CC(c1nc2c(F)cccc2[nH]1)N1CCNCC1. The predicted molar refractivity (Wildman–Crippen MR) is 68.9 cm³/mol. The molecule has 1 atom stereocenters. The number of H-pyrrole nitrogens is 1. The van der Waals surface area contributed by atoms with Crippen LogP contribution in [0, 0.1) is 5.82 Å². The number of benzene rings is 1. The Morgan fingerprint density at radius 2 is 2.11 bits per heavy atom. The number of rotatable bonds is 2. The number of hydrogen-bond acceptors (Lipinski definition) is 3. The molecule has 1 aromatic carbocycles. The number of piperazine rings is 1. The molecule has 1 aliphatic rings. The molecule has 1 aliphatic heterocycles. The first-order valence-corrected chi connectivity index (χ1v) is 6.34. The maximum Gasteiger partial charge on any atom is 0.151 e. The van der Waals surface area contributed by atoms with E-state index in [4.69, 9.17) is 0 Å². The number of hydrogen-bond donors (Lipinski definition) is 2. The van der Waals surface area contributed by atoms with Gasteiger partial charge in [-0.1, -0.05) is 6.07 Å².